The second-order valence-corrected chi connectivity index (χ2v) is 20.4. The first kappa shape index (κ1) is 67.1. The second kappa shape index (κ2) is 46.1. The van der Waals surface area contributed by atoms with Crippen molar-refractivity contribution in [2.24, 2.45) is 0 Å². The summed E-state index contributed by atoms with van der Waals surface area (Å²) in [6.45, 7) is 3.59. The van der Waals surface area contributed by atoms with Gasteiger partial charge in [0.05, 0.1) is 26.4 Å². The van der Waals surface area contributed by atoms with E-state index in [0.717, 1.165) is 83.5 Å². The van der Waals surface area contributed by atoms with Crippen LogP contribution in [-0.4, -0.2) is 142 Å². The molecule has 0 saturated carbocycles. The van der Waals surface area contributed by atoms with Crippen LogP contribution in [0.15, 0.2) is 48.6 Å². The lowest BCUT2D eigenvalue weighted by molar-refractivity contribution is -0.332. The van der Waals surface area contributed by atoms with Crippen molar-refractivity contribution in [3.63, 3.8) is 0 Å². The van der Waals surface area contributed by atoms with Gasteiger partial charge in [-0.05, 0) is 51.4 Å². The number of carbonyl (C=O) groups excluding carboxylic acids is 1. The summed E-state index contributed by atoms with van der Waals surface area (Å²) in [7, 11) is 0. The monoisotopic (exact) mass is 1040 g/mol. The number of rotatable bonds is 47. The lowest BCUT2D eigenvalue weighted by Gasteiger charge is -2.42. The summed E-state index contributed by atoms with van der Waals surface area (Å²) in [4.78, 5) is 13.1. The molecule has 14 heteroatoms. The number of aliphatic hydroxyl groups excluding tert-OH is 7. The lowest BCUT2D eigenvalue weighted by Crippen LogP contribution is -2.61. The molecule has 2 aliphatic heterocycles. The van der Waals surface area contributed by atoms with Gasteiger partial charge in [0.1, 0.15) is 54.9 Å². The molecule has 2 heterocycles. The molecule has 0 aromatic heterocycles. The first-order valence-electron chi connectivity index (χ1n) is 29.2. The van der Waals surface area contributed by atoms with Crippen molar-refractivity contribution in [3.05, 3.63) is 48.6 Å². The summed E-state index contributed by atoms with van der Waals surface area (Å²) >= 11 is 0. The van der Waals surface area contributed by atoms with Gasteiger partial charge in [-0.2, -0.15) is 0 Å². The van der Waals surface area contributed by atoms with Crippen molar-refractivity contribution in [2.45, 2.75) is 287 Å². The van der Waals surface area contributed by atoms with E-state index < -0.39 is 80.7 Å². The maximum atomic E-state index is 13.1. The van der Waals surface area contributed by atoms with E-state index in [9.17, 15) is 40.5 Å². The van der Waals surface area contributed by atoms with Gasteiger partial charge in [-0.3, -0.25) is 4.79 Å². The first-order valence-corrected chi connectivity index (χ1v) is 29.2. The standard InChI is InChI=1S/C59H106O14/c1-3-5-7-9-11-13-15-17-19-21-23-25-27-29-31-33-35-37-39-41-43-68-45-48(71-51(61)42-40-38-36-34-32-30-28-26-24-22-20-18-16-14-12-10-8-6-4-2)46-69-58-57(67)55(65)53(63)50(73-58)47-70-59-56(66)54(64)52(62)49(44-60)72-59/h6,8,12,14,18,20,24,26,48-50,52-60,62-67H,3-5,7,9-11,13,15-17,19,21-23,25,27-47H2,1-2H3/b8-6-,14-12-,20-18-,26-24-. The van der Waals surface area contributed by atoms with Crippen molar-refractivity contribution in [2.75, 3.05) is 33.0 Å². The van der Waals surface area contributed by atoms with Gasteiger partial charge in [0.15, 0.2) is 12.6 Å². The van der Waals surface area contributed by atoms with E-state index in [1.807, 2.05) is 0 Å². The van der Waals surface area contributed by atoms with Crippen molar-refractivity contribution in [1.82, 2.24) is 0 Å². The lowest BCUT2D eigenvalue weighted by atomic mass is 9.98. The number of esters is 1. The minimum atomic E-state index is -1.71. The van der Waals surface area contributed by atoms with Gasteiger partial charge in [0, 0.05) is 13.0 Å². The van der Waals surface area contributed by atoms with Gasteiger partial charge in [-0.25, -0.2) is 0 Å². The maximum absolute atomic E-state index is 13.1. The molecule has 2 saturated heterocycles. The summed E-state index contributed by atoms with van der Waals surface area (Å²) in [6.07, 6.45) is 38.8. The normalized spacial score (nSPS) is 25.3. The Kier molecular flexibility index (Phi) is 42.3. The van der Waals surface area contributed by atoms with Gasteiger partial charge in [0.2, 0.25) is 0 Å². The SMILES string of the molecule is CC/C=C\C/C=C\C/C=C\C/C=C\CCCCCCCCC(=O)OC(COCCCCCCCCCCCCCCCCCCCCCC)COC1OC(COC2OC(CO)C(O)C(O)C2O)C(O)C(O)C1O. The van der Waals surface area contributed by atoms with Gasteiger partial charge in [0.25, 0.3) is 0 Å². The van der Waals surface area contributed by atoms with Crippen LogP contribution in [0.3, 0.4) is 0 Å². The summed E-state index contributed by atoms with van der Waals surface area (Å²) in [5, 5.41) is 72.3. The van der Waals surface area contributed by atoms with Crippen LogP contribution in [0.5, 0.6) is 0 Å². The van der Waals surface area contributed by atoms with Crippen LogP contribution in [0.4, 0.5) is 0 Å². The summed E-state index contributed by atoms with van der Waals surface area (Å²) in [5.41, 5.74) is 0. The van der Waals surface area contributed by atoms with Crippen LogP contribution >= 0.6 is 0 Å². The van der Waals surface area contributed by atoms with Crippen molar-refractivity contribution >= 4 is 5.97 Å². The van der Waals surface area contributed by atoms with Crippen LogP contribution in [0.25, 0.3) is 0 Å². The molecule has 0 amide bonds. The predicted octanol–water partition coefficient (Wildman–Crippen LogP) is 10.3. The molecule has 11 atom stereocenters. The molecule has 0 aromatic rings. The fourth-order valence-corrected chi connectivity index (χ4v) is 9.16. The molecule has 0 aliphatic carbocycles. The van der Waals surface area contributed by atoms with Crippen molar-refractivity contribution in [3.8, 4) is 0 Å². The van der Waals surface area contributed by atoms with E-state index >= 15 is 0 Å². The largest absolute Gasteiger partial charge is 0.457 e. The average Bonchev–Trinajstić information content (AvgIpc) is 3.39. The molecule has 0 bridgehead atoms. The van der Waals surface area contributed by atoms with Gasteiger partial charge in [-0.1, -0.05) is 210 Å². The Morgan fingerprint density at radius 3 is 1.40 bits per heavy atom. The van der Waals surface area contributed by atoms with Crippen molar-refractivity contribution in [1.29, 1.82) is 0 Å². The Morgan fingerprint density at radius 1 is 0.466 bits per heavy atom. The van der Waals surface area contributed by atoms with E-state index in [-0.39, 0.29) is 25.6 Å². The third kappa shape index (κ3) is 33.0. The fourth-order valence-electron chi connectivity index (χ4n) is 9.16. The van der Waals surface area contributed by atoms with Crippen LogP contribution in [-0.2, 0) is 33.2 Å². The molecular weight excluding hydrogens is 933 g/mol. The van der Waals surface area contributed by atoms with Crippen LogP contribution in [0.1, 0.15) is 219 Å². The summed E-state index contributed by atoms with van der Waals surface area (Å²) in [5.74, 6) is -0.387. The highest BCUT2D eigenvalue weighted by molar-refractivity contribution is 5.69. The quantitative estimate of drug-likeness (QED) is 0.0172. The summed E-state index contributed by atoms with van der Waals surface area (Å²) in [6, 6.07) is 0. The Bertz CT molecular complexity index is 1390. The number of aliphatic hydroxyl groups is 7. The van der Waals surface area contributed by atoms with Gasteiger partial charge in [-0.15, -0.1) is 0 Å². The van der Waals surface area contributed by atoms with Crippen LogP contribution < -0.4 is 0 Å². The summed E-state index contributed by atoms with van der Waals surface area (Å²) < 4.78 is 34.4. The highest BCUT2D eigenvalue weighted by atomic mass is 16.7. The molecule has 2 rings (SSSR count). The molecule has 426 valence electrons. The number of hydrogen-bond acceptors (Lipinski definition) is 14. The molecule has 14 nitrogen and oxygen atoms in total. The third-order valence-electron chi connectivity index (χ3n) is 13.9. The van der Waals surface area contributed by atoms with Gasteiger partial charge < -0.3 is 64.2 Å². The third-order valence-corrected chi connectivity index (χ3v) is 13.9. The molecule has 0 radical (unpaired) electrons. The molecule has 11 unspecified atom stereocenters. The minimum Gasteiger partial charge on any atom is -0.457 e. The smallest absolute Gasteiger partial charge is 0.306 e. The van der Waals surface area contributed by atoms with Crippen molar-refractivity contribution < 1.29 is 69.0 Å². The van der Waals surface area contributed by atoms with Crippen LogP contribution in [0, 0.1) is 0 Å². The second-order valence-electron chi connectivity index (χ2n) is 20.4. The number of allylic oxidation sites excluding steroid dienone is 8. The highest BCUT2D eigenvalue weighted by Gasteiger charge is 2.47. The Balaban J connectivity index is 1.72. The zero-order valence-corrected chi connectivity index (χ0v) is 45.6. The maximum Gasteiger partial charge on any atom is 0.306 e. The molecule has 0 spiro atoms. The zero-order valence-electron chi connectivity index (χ0n) is 45.6. The molecular formula is C59H106O14. The molecule has 2 aliphatic rings. The predicted molar refractivity (Wildman–Crippen MR) is 289 cm³/mol. The first-order chi connectivity index (χ1) is 35.6. The minimum absolute atomic E-state index is 0.0573. The fraction of sp³-hybridized carbons (Fsp3) is 0.847. The molecule has 0 aromatic carbocycles. The number of hydrogen-bond donors (Lipinski definition) is 7. The number of carbonyl (C=O) groups is 1. The number of ether oxygens (including phenoxy) is 6. The van der Waals surface area contributed by atoms with E-state index in [0.29, 0.717) is 13.0 Å². The zero-order chi connectivity index (χ0) is 53.0. The molecule has 73 heavy (non-hydrogen) atoms. The van der Waals surface area contributed by atoms with E-state index in [4.69, 9.17) is 28.4 Å². The number of unbranched alkanes of at least 4 members (excludes halogenated alkanes) is 25. The van der Waals surface area contributed by atoms with E-state index in [2.05, 4.69) is 62.5 Å². The topological polar surface area (TPSA) is 214 Å². The Morgan fingerprint density at radius 2 is 0.890 bits per heavy atom. The van der Waals surface area contributed by atoms with E-state index in [1.165, 1.54) is 109 Å². The molecule has 2 fully saturated rings. The average molecular weight is 1040 g/mol. The van der Waals surface area contributed by atoms with Gasteiger partial charge >= 0.3 is 5.97 Å². The highest BCUT2D eigenvalue weighted by Crippen LogP contribution is 2.27. The van der Waals surface area contributed by atoms with Crippen LogP contribution in [0.2, 0.25) is 0 Å². The molecule has 7 N–H and O–H groups in total. The Labute approximate surface area is 442 Å². The van der Waals surface area contributed by atoms with E-state index in [1.54, 1.807) is 0 Å². The Hall–Kier alpha value is -2.05.